The molecule has 0 amide bonds. The van der Waals surface area contributed by atoms with E-state index in [2.05, 4.69) is 21.6 Å². The normalized spacial score (nSPS) is 10.9. The number of ether oxygens (including phenoxy) is 1. The van der Waals surface area contributed by atoms with Crippen LogP contribution in [0.1, 0.15) is 5.01 Å². The Hall–Kier alpha value is -3.17. The largest absolute Gasteiger partial charge is 0.497 e. The smallest absolute Gasteiger partial charge is 0.196 e. The van der Waals surface area contributed by atoms with Gasteiger partial charge in [0.1, 0.15) is 11.8 Å². The minimum atomic E-state index is 0.248. The molecular weight excluding hydrogens is 320 g/mol. The molecule has 24 heavy (non-hydrogen) atoms. The first-order valence-corrected chi connectivity index (χ1v) is 8.07. The van der Waals surface area contributed by atoms with Crippen molar-refractivity contribution >= 4 is 22.7 Å². The van der Waals surface area contributed by atoms with Crippen molar-refractivity contribution in [2.45, 2.75) is 0 Å². The van der Waals surface area contributed by atoms with Gasteiger partial charge in [0.25, 0.3) is 0 Å². The Labute approximate surface area is 143 Å². The third-order valence-electron chi connectivity index (χ3n) is 3.27. The molecule has 0 radical (unpaired) electrons. The second-order valence-electron chi connectivity index (χ2n) is 4.82. The van der Waals surface area contributed by atoms with Crippen molar-refractivity contribution in [2.24, 2.45) is 5.10 Å². The van der Waals surface area contributed by atoms with Gasteiger partial charge in [0.2, 0.25) is 0 Å². The van der Waals surface area contributed by atoms with Gasteiger partial charge in [-0.2, -0.15) is 10.4 Å². The van der Waals surface area contributed by atoms with Gasteiger partial charge in [-0.1, -0.05) is 30.3 Å². The van der Waals surface area contributed by atoms with E-state index < -0.39 is 0 Å². The summed E-state index contributed by atoms with van der Waals surface area (Å²) < 4.78 is 5.11. The minimum absolute atomic E-state index is 0.248. The van der Waals surface area contributed by atoms with Crippen LogP contribution in [0.2, 0.25) is 0 Å². The minimum Gasteiger partial charge on any atom is -0.497 e. The van der Waals surface area contributed by atoms with E-state index in [4.69, 9.17) is 4.74 Å². The molecule has 0 aliphatic rings. The van der Waals surface area contributed by atoms with E-state index in [1.165, 1.54) is 11.3 Å². The highest BCUT2D eigenvalue weighted by Gasteiger charge is 2.10. The lowest BCUT2D eigenvalue weighted by molar-refractivity contribution is 0.415. The molecule has 0 atom stereocenters. The van der Waals surface area contributed by atoms with Crippen LogP contribution in [0.25, 0.3) is 11.3 Å². The Bertz CT molecular complexity index is 879. The summed E-state index contributed by atoms with van der Waals surface area (Å²) >= 11 is 1.39. The number of benzene rings is 2. The first-order chi connectivity index (χ1) is 11.8. The summed E-state index contributed by atoms with van der Waals surface area (Å²) in [5.74, 6) is 0.762. The summed E-state index contributed by atoms with van der Waals surface area (Å²) in [5, 5.41) is 16.0. The highest BCUT2D eigenvalue weighted by molar-refractivity contribution is 7.12. The average Bonchev–Trinajstić information content (AvgIpc) is 3.13. The number of thiazole rings is 1. The third kappa shape index (κ3) is 3.59. The number of nitrogens with zero attached hydrogens (tertiary/aromatic N) is 3. The number of anilines is 1. The molecule has 118 valence electrons. The molecule has 0 fully saturated rings. The highest BCUT2D eigenvalue weighted by atomic mass is 32.1. The SMILES string of the molecule is COc1ccc(N/N=C(\C#N)c2nc(-c3ccccc3)cs2)cc1. The van der Waals surface area contributed by atoms with Crippen LogP contribution in [0.4, 0.5) is 5.69 Å². The second kappa shape index (κ2) is 7.40. The van der Waals surface area contributed by atoms with Gasteiger partial charge in [-0.15, -0.1) is 11.3 Å². The van der Waals surface area contributed by atoms with Crippen LogP contribution >= 0.6 is 11.3 Å². The third-order valence-corrected chi connectivity index (χ3v) is 4.12. The van der Waals surface area contributed by atoms with Gasteiger partial charge >= 0.3 is 0 Å². The van der Waals surface area contributed by atoms with Gasteiger partial charge < -0.3 is 4.74 Å². The van der Waals surface area contributed by atoms with Gasteiger partial charge in [0, 0.05) is 10.9 Å². The molecule has 3 aromatic rings. The molecule has 3 rings (SSSR count). The van der Waals surface area contributed by atoms with Crippen LogP contribution in [0, 0.1) is 11.3 Å². The molecular formula is C18H14N4OS. The van der Waals surface area contributed by atoms with Crippen molar-refractivity contribution in [3.05, 3.63) is 65.0 Å². The molecule has 5 nitrogen and oxygen atoms in total. The van der Waals surface area contributed by atoms with E-state index in [9.17, 15) is 5.26 Å². The molecule has 0 unspecified atom stereocenters. The average molecular weight is 334 g/mol. The van der Waals surface area contributed by atoms with Crippen LogP contribution < -0.4 is 10.2 Å². The fraction of sp³-hybridized carbons (Fsp3) is 0.0556. The molecule has 6 heteroatoms. The maximum Gasteiger partial charge on any atom is 0.196 e. The molecule has 0 aliphatic heterocycles. The predicted octanol–water partition coefficient (Wildman–Crippen LogP) is 4.16. The lowest BCUT2D eigenvalue weighted by Gasteiger charge is -2.02. The summed E-state index contributed by atoms with van der Waals surface area (Å²) in [4.78, 5) is 4.50. The molecule has 1 heterocycles. The fourth-order valence-corrected chi connectivity index (χ4v) is 2.80. The number of nitriles is 1. The van der Waals surface area contributed by atoms with E-state index in [1.54, 1.807) is 7.11 Å². The van der Waals surface area contributed by atoms with E-state index in [1.807, 2.05) is 60.0 Å². The van der Waals surface area contributed by atoms with Crippen molar-refractivity contribution in [1.82, 2.24) is 4.98 Å². The van der Waals surface area contributed by atoms with Crippen molar-refractivity contribution in [2.75, 3.05) is 12.5 Å². The number of aromatic nitrogens is 1. The first-order valence-electron chi connectivity index (χ1n) is 7.19. The number of hydrazone groups is 1. The van der Waals surface area contributed by atoms with Crippen molar-refractivity contribution in [1.29, 1.82) is 5.26 Å². The first kappa shape index (κ1) is 15.7. The number of methoxy groups -OCH3 is 1. The molecule has 0 saturated heterocycles. The van der Waals surface area contributed by atoms with Crippen LogP contribution in [-0.2, 0) is 0 Å². The van der Waals surface area contributed by atoms with E-state index in [-0.39, 0.29) is 5.71 Å². The van der Waals surface area contributed by atoms with Crippen LogP contribution in [0.15, 0.2) is 65.1 Å². The standard InChI is InChI=1S/C18H14N4OS/c1-23-15-9-7-14(8-10-15)21-22-16(11-19)18-20-17(12-24-18)13-5-3-2-4-6-13/h2-10,12,21H,1H3/b22-16+. The quantitative estimate of drug-likeness (QED) is 0.562. The summed E-state index contributed by atoms with van der Waals surface area (Å²) in [6.45, 7) is 0. The molecule has 0 bridgehead atoms. The zero-order valence-electron chi connectivity index (χ0n) is 12.9. The lowest BCUT2D eigenvalue weighted by atomic mass is 10.2. The Morgan fingerprint density at radius 1 is 1.17 bits per heavy atom. The maximum atomic E-state index is 9.35. The van der Waals surface area contributed by atoms with E-state index in [0.717, 1.165) is 22.7 Å². The van der Waals surface area contributed by atoms with Gasteiger partial charge in [-0.25, -0.2) is 4.98 Å². The topological polar surface area (TPSA) is 70.3 Å². The van der Waals surface area contributed by atoms with Crippen LogP contribution in [0.3, 0.4) is 0 Å². The number of rotatable bonds is 5. The molecule has 1 aromatic heterocycles. The molecule has 1 N–H and O–H groups in total. The summed E-state index contributed by atoms with van der Waals surface area (Å²) in [7, 11) is 1.61. The number of hydrogen-bond donors (Lipinski definition) is 1. The van der Waals surface area contributed by atoms with Crippen molar-refractivity contribution in [3.8, 4) is 23.1 Å². The number of hydrogen-bond acceptors (Lipinski definition) is 6. The van der Waals surface area contributed by atoms with Crippen molar-refractivity contribution in [3.63, 3.8) is 0 Å². The molecule has 2 aromatic carbocycles. The van der Waals surface area contributed by atoms with E-state index >= 15 is 0 Å². The summed E-state index contributed by atoms with van der Waals surface area (Å²) in [5.41, 5.74) is 5.74. The van der Waals surface area contributed by atoms with Crippen LogP contribution in [-0.4, -0.2) is 17.8 Å². The number of nitrogens with one attached hydrogen (secondary N) is 1. The van der Waals surface area contributed by atoms with E-state index in [0.29, 0.717) is 5.01 Å². The lowest BCUT2D eigenvalue weighted by Crippen LogP contribution is -2.01. The zero-order chi connectivity index (χ0) is 16.8. The Kier molecular flexibility index (Phi) is 4.84. The summed E-state index contributed by atoms with van der Waals surface area (Å²) in [6.07, 6.45) is 0. The van der Waals surface area contributed by atoms with Gasteiger partial charge in [-0.05, 0) is 24.3 Å². The second-order valence-corrected chi connectivity index (χ2v) is 5.67. The Balaban J connectivity index is 1.78. The van der Waals surface area contributed by atoms with Gasteiger partial charge in [0.15, 0.2) is 10.7 Å². The Morgan fingerprint density at radius 2 is 1.92 bits per heavy atom. The molecule has 0 spiro atoms. The fourth-order valence-electron chi connectivity index (χ4n) is 2.03. The Morgan fingerprint density at radius 3 is 2.58 bits per heavy atom. The van der Waals surface area contributed by atoms with Gasteiger partial charge in [-0.3, -0.25) is 5.43 Å². The summed E-state index contributed by atoms with van der Waals surface area (Å²) in [6, 6.07) is 19.2. The molecule has 0 aliphatic carbocycles. The van der Waals surface area contributed by atoms with Gasteiger partial charge in [0.05, 0.1) is 18.5 Å². The highest BCUT2D eigenvalue weighted by Crippen LogP contribution is 2.22. The molecule has 0 saturated carbocycles. The van der Waals surface area contributed by atoms with Crippen LogP contribution in [0.5, 0.6) is 5.75 Å². The van der Waals surface area contributed by atoms with Crippen molar-refractivity contribution < 1.29 is 4.74 Å². The maximum absolute atomic E-state index is 9.35. The zero-order valence-corrected chi connectivity index (χ0v) is 13.7. The monoisotopic (exact) mass is 334 g/mol. The predicted molar refractivity (Wildman–Crippen MR) is 96.3 cm³/mol.